The number of carbonyl (C=O) groups excluding carboxylic acids is 1. The van der Waals surface area contributed by atoms with Crippen LogP contribution in [0.25, 0.3) is 11.0 Å². The van der Waals surface area contributed by atoms with Gasteiger partial charge in [-0.25, -0.2) is 0 Å². The van der Waals surface area contributed by atoms with Crippen molar-refractivity contribution in [2.45, 2.75) is 32.8 Å². The Bertz CT molecular complexity index is 986. The topological polar surface area (TPSA) is 42.7 Å². The molecule has 3 aromatic rings. The Labute approximate surface area is 163 Å². The van der Waals surface area contributed by atoms with Crippen molar-refractivity contribution >= 4 is 28.5 Å². The van der Waals surface area contributed by atoms with Crippen molar-refractivity contribution in [3.8, 4) is 5.75 Å². The van der Waals surface area contributed by atoms with Crippen LogP contribution in [0.3, 0.4) is 0 Å². The van der Waals surface area contributed by atoms with E-state index in [1.807, 2.05) is 4.90 Å². The van der Waals surface area contributed by atoms with Crippen LogP contribution in [-0.2, 0) is 0 Å². The molecule has 1 saturated heterocycles. The van der Waals surface area contributed by atoms with Crippen LogP contribution in [0.15, 0.2) is 46.9 Å². The smallest absolute Gasteiger partial charge is 0.289 e. The highest BCUT2D eigenvalue weighted by molar-refractivity contribution is 6.31. The molecule has 0 unspecified atom stereocenters. The first-order valence-electron chi connectivity index (χ1n) is 9.22. The number of hydrogen-bond donors (Lipinski definition) is 0. The van der Waals surface area contributed by atoms with Gasteiger partial charge in [-0.15, -0.1) is 0 Å². The van der Waals surface area contributed by atoms with E-state index >= 15 is 0 Å². The van der Waals surface area contributed by atoms with E-state index in [0.29, 0.717) is 29.5 Å². The summed E-state index contributed by atoms with van der Waals surface area (Å²) >= 11 is 6.01. The molecule has 4 rings (SSSR count). The molecule has 5 heteroatoms. The van der Waals surface area contributed by atoms with E-state index in [1.165, 1.54) is 5.56 Å². The number of halogens is 1. The minimum absolute atomic E-state index is 0.0764. The van der Waals surface area contributed by atoms with E-state index in [-0.39, 0.29) is 12.0 Å². The number of benzene rings is 2. The Balaban J connectivity index is 1.40. The normalized spacial score (nSPS) is 15.3. The maximum Gasteiger partial charge on any atom is 0.289 e. The summed E-state index contributed by atoms with van der Waals surface area (Å²) < 4.78 is 11.9. The monoisotopic (exact) mass is 383 g/mol. The summed E-state index contributed by atoms with van der Waals surface area (Å²) in [5.41, 5.74) is 3.00. The standard InChI is InChI=1S/C22H22ClNO3/c1-14-3-4-15(2)20(11-14)26-18-7-9-24(10-8-18)22(25)21-13-16-12-17(23)5-6-19(16)27-21/h3-6,11-13,18H,7-10H2,1-2H3. The molecule has 1 fully saturated rings. The first-order valence-corrected chi connectivity index (χ1v) is 9.60. The third kappa shape index (κ3) is 3.81. The van der Waals surface area contributed by atoms with Crippen molar-refractivity contribution in [3.05, 3.63) is 64.4 Å². The molecule has 140 valence electrons. The molecule has 2 heterocycles. The van der Waals surface area contributed by atoms with Gasteiger partial charge < -0.3 is 14.1 Å². The molecule has 27 heavy (non-hydrogen) atoms. The highest BCUT2D eigenvalue weighted by Gasteiger charge is 2.27. The molecule has 1 aromatic heterocycles. The van der Waals surface area contributed by atoms with Gasteiger partial charge in [0.25, 0.3) is 5.91 Å². The Morgan fingerprint density at radius 2 is 1.89 bits per heavy atom. The van der Waals surface area contributed by atoms with Crippen LogP contribution in [0.1, 0.15) is 34.5 Å². The van der Waals surface area contributed by atoms with E-state index in [9.17, 15) is 4.79 Å². The van der Waals surface area contributed by atoms with Gasteiger partial charge in [0.15, 0.2) is 5.76 Å². The van der Waals surface area contributed by atoms with Crippen LogP contribution in [0.4, 0.5) is 0 Å². The zero-order valence-electron chi connectivity index (χ0n) is 15.5. The highest BCUT2D eigenvalue weighted by Crippen LogP contribution is 2.27. The van der Waals surface area contributed by atoms with E-state index in [1.54, 1.807) is 24.3 Å². The lowest BCUT2D eigenvalue weighted by Crippen LogP contribution is -2.41. The molecular formula is C22H22ClNO3. The van der Waals surface area contributed by atoms with Crippen molar-refractivity contribution in [1.29, 1.82) is 0 Å². The largest absolute Gasteiger partial charge is 0.490 e. The number of nitrogens with zero attached hydrogens (tertiary/aromatic N) is 1. The van der Waals surface area contributed by atoms with Crippen LogP contribution < -0.4 is 4.74 Å². The Hall–Kier alpha value is -2.46. The number of rotatable bonds is 3. The second-order valence-corrected chi connectivity index (χ2v) is 7.61. The molecule has 4 nitrogen and oxygen atoms in total. The number of likely N-dealkylation sites (tertiary alicyclic amines) is 1. The van der Waals surface area contributed by atoms with Crippen LogP contribution in [0.2, 0.25) is 5.02 Å². The lowest BCUT2D eigenvalue weighted by molar-refractivity contribution is 0.0567. The van der Waals surface area contributed by atoms with Crippen LogP contribution in [0.5, 0.6) is 5.75 Å². The number of piperidine rings is 1. The molecule has 0 atom stereocenters. The maximum absolute atomic E-state index is 12.8. The molecule has 0 aliphatic carbocycles. The molecule has 1 amide bonds. The number of amides is 1. The summed E-state index contributed by atoms with van der Waals surface area (Å²) in [7, 11) is 0. The summed E-state index contributed by atoms with van der Waals surface area (Å²) in [6, 6.07) is 13.4. The number of aryl methyl sites for hydroxylation is 2. The first-order chi connectivity index (χ1) is 13.0. The Morgan fingerprint density at radius 1 is 1.11 bits per heavy atom. The molecule has 0 N–H and O–H groups in total. The fourth-order valence-corrected chi connectivity index (χ4v) is 3.65. The molecule has 0 radical (unpaired) electrons. The predicted octanol–water partition coefficient (Wildman–Crippen LogP) is 5.39. The van der Waals surface area contributed by atoms with Crippen molar-refractivity contribution in [1.82, 2.24) is 4.90 Å². The zero-order valence-corrected chi connectivity index (χ0v) is 16.3. The molecule has 0 saturated carbocycles. The van der Waals surface area contributed by atoms with Gasteiger partial charge >= 0.3 is 0 Å². The maximum atomic E-state index is 12.8. The van der Waals surface area contributed by atoms with Crippen molar-refractivity contribution in [2.75, 3.05) is 13.1 Å². The fraction of sp³-hybridized carbons (Fsp3) is 0.318. The van der Waals surface area contributed by atoms with Crippen molar-refractivity contribution in [2.24, 2.45) is 0 Å². The van der Waals surface area contributed by atoms with Crippen LogP contribution in [-0.4, -0.2) is 30.0 Å². The molecule has 0 spiro atoms. The van der Waals surface area contributed by atoms with Crippen LogP contribution in [0, 0.1) is 13.8 Å². The van der Waals surface area contributed by atoms with Crippen LogP contribution >= 0.6 is 11.6 Å². The number of fused-ring (bicyclic) bond motifs is 1. The number of hydrogen-bond acceptors (Lipinski definition) is 3. The van der Waals surface area contributed by atoms with Crippen molar-refractivity contribution in [3.63, 3.8) is 0 Å². The van der Waals surface area contributed by atoms with Gasteiger partial charge in [0.2, 0.25) is 0 Å². The summed E-state index contributed by atoms with van der Waals surface area (Å²) in [6.45, 7) is 5.44. The highest BCUT2D eigenvalue weighted by atomic mass is 35.5. The number of carbonyl (C=O) groups is 1. The Kier molecular flexibility index (Phi) is 4.83. The average Bonchev–Trinajstić information content (AvgIpc) is 3.08. The zero-order chi connectivity index (χ0) is 19.0. The van der Waals surface area contributed by atoms with Gasteiger partial charge in [0.05, 0.1) is 0 Å². The quantitative estimate of drug-likeness (QED) is 0.609. The van der Waals surface area contributed by atoms with Gasteiger partial charge in [0.1, 0.15) is 17.4 Å². The summed E-state index contributed by atoms with van der Waals surface area (Å²) in [5, 5.41) is 1.48. The molecule has 1 aliphatic heterocycles. The average molecular weight is 384 g/mol. The summed E-state index contributed by atoms with van der Waals surface area (Å²) in [4.78, 5) is 14.6. The number of furan rings is 1. The molecule has 2 aromatic carbocycles. The minimum atomic E-state index is -0.0764. The van der Waals surface area contributed by atoms with Gasteiger partial charge in [-0.3, -0.25) is 4.79 Å². The van der Waals surface area contributed by atoms with E-state index < -0.39 is 0 Å². The second-order valence-electron chi connectivity index (χ2n) is 7.17. The lowest BCUT2D eigenvalue weighted by Gasteiger charge is -2.32. The predicted molar refractivity (Wildman–Crippen MR) is 107 cm³/mol. The fourth-order valence-electron chi connectivity index (χ4n) is 3.47. The van der Waals surface area contributed by atoms with E-state index in [2.05, 4.69) is 32.0 Å². The van der Waals surface area contributed by atoms with E-state index in [0.717, 1.165) is 29.5 Å². The molecule has 1 aliphatic rings. The lowest BCUT2D eigenvalue weighted by atomic mass is 10.1. The SMILES string of the molecule is Cc1ccc(C)c(OC2CCN(C(=O)c3cc4cc(Cl)ccc4o3)CC2)c1. The Morgan fingerprint density at radius 3 is 2.67 bits per heavy atom. The third-order valence-electron chi connectivity index (χ3n) is 5.06. The molecule has 0 bridgehead atoms. The molecular weight excluding hydrogens is 362 g/mol. The third-order valence-corrected chi connectivity index (χ3v) is 5.29. The summed E-state index contributed by atoms with van der Waals surface area (Å²) in [6.07, 6.45) is 1.75. The van der Waals surface area contributed by atoms with Gasteiger partial charge in [-0.1, -0.05) is 23.7 Å². The second kappa shape index (κ2) is 7.28. The van der Waals surface area contributed by atoms with Crippen molar-refractivity contribution < 1.29 is 13.9 Å². The van der Waals surface area contributed by atoms with E-state index in [4.69, 9.17) is 20.8 Å². The number of ether oxygens (including phenoxy) is 1. The first kappa shape index (κ1) is 17.9. The summed E-state index contributed by atoms with van der Waals surface area (Å²) in [5.74, 6) is 1.22. The minimum Gasteiger partial charge on any atom is -0.490 e. The van der Waals surface area contributed by atoms with Gasteiger partial charge in [-0.2, -0.15) is 0 Å². The van der Waals surface area contributed by atoms with Gasteiger partial charge in [0, 0.05) is 36.3 Å². The van der Waals surface area contributed by atoms with Gasteiger partial charge in [-0.05, 0) is 55.3 Å².